The molecule has 33 heavy (non-hydrogen) atoms. The Labute approximate surface area is 201 Å². The molecule has 0 bridgehead atoms. The number of aromatic nitrogens is 1. The van der Waals surface area contributed by atoms with E-state index in [9.17, 15) is 14.4 Å². The van der Waals surface area contributed by atoms with Gasteiger partial charge in [0.05, 0.1) is 11.4 Å². The Morgan fingerprint density at radius 1 is 1.06 bits per heavy atom. The second-order valence-electron chi connectivity index (χ2n) is 7.78. The van der Waals surface area contributed by atoms with Crippen LogP contribution in [0.1, 0.15) is 29.4 Å². The molecule has 0 spiro atoms. The number of halogens is 1. The highest BCUT2D eigenvalue weighted by atomic mass is 35.5. The number of nitrogens with zero attached hydrogens (tertiary/aromatic N) is 2. The van der Waals surface area contributed by atoms with E-state index in [0.717, 1.165) is 45.7 Å². The number of rotatable bonds is 5. The molecule has 1 fully saturated rings. The van der Waals surface area contributed by atoms with Gasteiger partial charge >= 0.3 is 0 Å². The van der Waals surface area contributed by atoms with Crippen LogP contribution >= 0.6 is 23.4 Å². The first-order chi connectivity index (χ1) is 15.7. The molecule has 2 aromatic carbocycles. The van der Waals surface area contributed by atoms with Gasteiger partial charge in [-0.2, -0.15) is 0 Å². The van der Waals surface area contributed by atoms with E-state index in [0.29, 0.717) is 9.93 Å². The molecule has 3 amide bonds. The Morgan fingerprint density at radius 2 is 1.73 bits per heavy atom. The average molecular weight is 480 g/mol. The molecule has 0 unspecified atom stereocenters. The van der Waals surface area contributed by atoms with Crippen molar-refractivity contribution >= 4 is 52.2 Å². The van der Waals surface area contributed by atoms with Crippen LogP contribution in [0.2, 0.25) is 5.02 Å². The first kappa shape index (κ1) is 22.9. The lowest BCUT2D eigenvalue weighted by Crippen LogP contribution is -2.27. The summed E-state index contributed by atoms with van der Waals surface area (Å²) in [4.78, 5) is 38.3. The molecule has 1 aliphatic heterocycles. The van der Waals surface area contributed by atoms with Gasteiger partial charge in [-0.3, -0.25) is 19.3 Å². The number of aryl methyl sites for hydroxylation is 1. The lowest BCUT2D eigenvalue weighted by Gasteiger charge is -2.12. The number of carbonyl (C=O) groups excluding carboxylic acids is 3. The van der Waals surface area contributed by atoms with Crippen molar-refractivity contribution < 1.29 is 14.4 Å². The highest BCUT2D eigenvalue weighted by molar-refractivity contribution is 8.18. The van der Waals surface area contributed by atoms with Crippen molar-refractivity contribution in [1.29, 1.82) is 0 Å². The van der Waals surface area contributed by atoms with E-state index < -0.39 is 0 Å². The van der Waals surface area contributed by atoms with Crippen molar-refractivity contribution in [1.82, 2.24) is 9.47 Å². The third-order valence-electron chi connectivity index (χ3n) is 5.33. The zero-order chi connectivity index (χ0) is 23.7. The van der Waals surface area contributed by atoms with Gasteiger partial charge in [0, 0.05) is 34.7 Å². The summed E-state index contributed by atoms with van der Waals surface area (Å²) in [6.07, 6.45) is 1.78. The number of thioether (sulfide) groups is 1. The summed E-state index contributed by atoms with van der Waals surface area (Å²) in [6, 6.07) is 16.6. The maximum atomic E-state index is 12.9. The molecule has 0 atom stereocenters. The molecule has 2 heterocycles. The summed E-state index contributed by atoms with van der Waals surface area (Å²) in [6.45, 7) is 5.63. The summed E-state index contributed by atoms with van der Waals surface area (Å²) < 4.78 is 2.07. The summed E-state index contributed by atoms with van der Waals surface area (Å²) >= 11 is 6.87. The number of imide groups is 1. The van der Waals surface area contributed by atoms with E-state index in [1.807, 2.05) is 44.2 Å². The van der Waals surface area contributed by atoms with E-state index in [4.69, 9.17) is 11.6 Å². The van der Waals surface area contributed by atoms with Crippen LogP contribution in [0.4, 0.5) is 10.5 Å². The number of nitrogens with one attached hydrogen (secondary N) is 1. The maximum absolute atomic E-state index is 12.9. The van der Waals surface area contributed by atoms with Crippen LogP contribution in [-0.2, 0) is 16.1 Å². The van der Waals surface area contributed by atoms with E-state index >= 15 is 0 Å². The third kappa shape index (κ3) is 4.89. The SMILES string of the molecule is CC(=O)Nc1ccc(-n2c(C)cc(C=C3SC(=O)N(Cc4ccc(Cl)cc4)C3=O)c2C)cc1. The Bertz CT molecular complexity index is 1280. The first-order valence-electron chi connectivity index (χ1n) is 10.3. The minimum Gasteiger partial charge on any atom is -0.326 e. The molecule has 1 aliphatic rings. The Morgan fingerprint density at radius 3 is 2.36 bits per heavy atom. The predicted molar refractivity (Wildman–Crippen MR) is 133 cm³/mol. The fraction of sp³-hybridized carbons (Fsp3) is 0.160. The fourth-order valence-electron chi connectivity index (χ4n) is 3.78. The van der Waals surface area contributed by atoms with Gasteiger partial charge in [-0.25, -0.2) is 0 Å². The Hall–Kier alpha value is -3.29. The van der Waals surface area contributed by atoms with Crippen molar-refractivity contribution in [3.8, 4) is 5.69 Å². The number of carbonyl (C=O) groups is 3. The lowest BCUT2D eigenvalue weighted by molar-refractivity contribution is -0.123. The van der Waals surface area contributed by atoms with Crippen LogP contribution in [0.3, 0.4) is 0 Å². The Balaban J connectivity index is 1.58. The van der Waals surface area contributed by atoms with Crippen molar-refractivity contribution in [2.45, 2.75) is 27.3 Å². The highest BCUT2D eigenvalue weighted by Gasteiger charge is 2.35. The van der Waals surface area contributed by atoms with E-state index in [1.54, 1.807) is 30.3 Å². The van der Waals surface area contributed by atoms with Gasteiger partial charge in [0.1, 0.15) is 0 Å². The van der Waals surface area contributed by atoms with Gasteiger partial charge in [0.2, 0.25) is 5.91 Å². The molecule has 6 nitrogen and oxygen atoms in total. The van der Waals surface area contributed by atoms with Crippen LogP contribution in [-0.4, -0.2) is 26.5 Å². The quantitative estimate of drug-likeness (QED) is 0.459. The molecular formula is C25H22ClN3O3S. The smallest absolute Gasteiger partial charge is 0.293 e. The zero-order valence-electron chi connectivity index (χ0n) is 18.4. The van der Waals surface area contributed by atoms with Crippen molar-refractivity contribution in [3.05, 3.63) is 87.0 Å². The molecule has 0 saturated carbocycles. The maximum Gasteiger partial charge on any atom is 0.293 e. The molecule has 1 N–H and O–H groups in total. The molecule has 1 aromatic heterocycles. The average Bonchev–Trinajstić information content (AvgIpc) is 3.19. The normalized spacial score (nSPS) is 14.9. The van der Waals surface area contributed by atoms with E-state index in [2.05, 4.69) is 9.88 Å². The second kappa shape index (κ2) is 9.29. The molecular weight excluding hydrogens is 458 g/mol. The van der Waals surface area contributed by atoms with Crippen LogP contribution < -0.4 is 5.32 Å². The van der Waals surface area contributed by atoms with Crippen molar-refractivity contribution in [2.24, 2.45) is 0 Å². The fourth-order valence-corrected chi connectivity index (χ4v) is 4.73. The Kier molecular flexibility index (Phi) is 6.44. The second-order valence-corrected chi connectivity index (χ2v) is 9.21. The van der Waals surface area contributed by atoms with Crippen LogP contribution in [0.5, 0.6) is 0 Å². The molecule has 3 aromatic rings. The highest BCUT2D eigenvalue weighted by Crippen LogP contribution is 2.35. The molecule has 1 saturated heterocycles. The van der Waals surface area contributed by atoms with Gasteiger partial charge < -0.3 is 9.88 Å². The number of anilines is 1. The summed E-state index contributed by atoms with van der Waals surface area (Å²) in [7, 11) is 0. The predicted octanol–water partition coefficient (Wildman–Crippen LogP) is 5.94. The minimum atomic E-state index is -0.301. The van der Waals surface area contributed by atoms with Crippen molar-refractivity contribution in [3.63, 3.8) is 0 Å². The number of amides is 3. The molecule has 0 aliphatic carbocycles. The number of hydrogen-bond donors (Lipinski definition) is 1. The van der Waals surface area contributed by atoms with Crippen LogP contribution in [0.15, 0.2) is 59.5 Å². The van der Waals surface area contributed by atoms with Crippen LogP contribution in [0, 0.1) is 13.8 Å². The largest absolute Gasteiger partial charge is 0.326 e. The third-order valence-corrected chi connectivity index (χ3v) is 6.49. The summed E-state index contributed by atoms with van der Waals surface area (Å²) in [5.74, 6) is -0.423. The zero-order valence-corrected chi connectivity index (χ0v) is 20.0. The standard InChI is InChI=1S/C25H22ClN3O3S/c1-15-12-19(16(2)29(15)22-10-8-21(9-11-22)27-17(3)30)13-23-24(31)28(25(32)33-23)14-18-4-6-20(26)7-5-18/h4-13H,14H2,1-3H3,(H,27,30). The van der Waals surface area contributed by atoms with Gasteiger partial charge in [-0.1, -0.05) is 23.7 Å². The number of hydrogen-bond acceptors (Lipinski definition) is 4. The molecule has 4 rings (SSSR count). The van der Waals surface area contributed by atoms with E-state index in [1.165, 1.54) is 11.8 Å². The van der Waals surface area contributed by atoms with E-state index in [-0.39, 0.29) is 23.6 Å². The minimum absolute atomic E-state index is 0.122. The van der Waals surface area contributed by atoms with Gasteiger partial charge in [0.25, 0.3) is 11.1 Å². The molecule has 0 radical (unpaired) electrons. The lowest BCUT2D eigenvalue weighted by atomic mass is 10.2. The molecule has 8 heteroatoms. The first-order valence-corrected chi connectivity index (χ1v) is 11.5. The topological polar surface area (TPSA) is 71.4 Å². The summed E-state index contributed by atoms with van der Waals surface area (Å²) in [5.41, 5.74) is 5.31. The van der Waals surface area contributed by atoms with Crippen LogP contribution in [0.25, 0.3) is 11.8 Å². The number of benzene rings is 2. The van der Waals surface area contributed by atoms with Gasteiger partial charge in [-0.15, -0.1) is 0 Å². The molecule has 168 valence electrons. The van der Waals surface area contributed by atoms with Crippen molar-refractivity contribution in [2.75, 3.05) is 5.32 Å². The monoisotopic (exact) mass is 479 g/mol. The van der Waals surface area contributed by atoms with Gasteiger partial charge in [-0.05, 0) is 85.3 Å². The summed E-state index contributed by atoms with van der Waals surface area (Å²) in [5, 5.41) is 3.07. The van der Waals surface area contributed by atoms with Gasteiger partial charge in [0.15, 0.2) is 0 Å².